The molecule has 0 fully saturated rings. The molecule has 0 unspecified atom stereocenters. The average Bonchev–Trinajstić information content (AvgIpc) is 2.82. The minimum absolute atomic E-state index is 0.0901. The van der Waals surface area contributed by atoms with Crippen LogP contribution in [0, 0.1) is 13.8 Å². The smallest absolute Gasteiger partial charge is 0.276 e. The van der Waals surface area contributed by atoms with Crippen LogP contribution in [0.15, 0.2) is 82.5 Å². The first-order chi connectivity index (χ1) is 15.9. The number of hydrogen-bond acceptors (Lipinski definition) is 5. The third kappa shape index (κ3) is 4.29. The van der Waals surface area contributed by atoms with Crippen LogP contribution < -0.4 is 16.2 Å². The first kappa shape index (κ1) is 22.0. The molecule has 0 aliphatic carbocycles. The normalized spacial score (nSPS) is 10.8. The van der Waals surface area contributed by atoms with Gasteiger partial charge in [-0.2, -0.15) is 0 Å². The number of fused-ring (bicyclic) bond motifs is 1. The Labute approximate surface area is 191 Å². The Morgan fingerprint density at radius 1 is 0.970 bits per heavy atom. The van der Waals surface area contributed by atoms with Crippen LogP contribution in [0.3, 0.4) is 0 Å². The summed E-state index contributed by atoms with van der Waals surface area (Å²) in [5.74, 6) is 0.127. The molecule has 0 saturated carbocycles. The van der Waals surface area contributed by atoms with Crippen molar-refractivity contribution in [3.8, 4) is 11.3 Å². The molecule has 0 bridgehead atoms. The van der Waals surface area contributed by atoms with E-state index in [0.29, 0.717) is 44.8 Å². The second kappa shape index (κ2) is 9.14. The van der Waals surface area contributed by atoms with Crippen LogP contribution in [-0.4, -0.2) is 13.0 Å². The van der Waals surface area contributed by atoms with Gasteiger partial charge in [-0.25, -0.2) is 5.48 Å². The van der Waals surface area contributed by atoms with Gasteiger partial charge in [-0.15, -0.1) is 0 Å². The summed E-state index contributed by atoms with van der Waals surface area (Å²) in [4.78, 5) is 30.4. The topological polar surface area (TPSA) is 80.6 Å². The summed E-state index contributed by atoms with van der Waals surface area (Å²) in [5, 5.41) is 3.69. The largest absolute Gasteiger partial charge is 0.455 e. The van der Waals surface area contributed by atoms with Crippen molar-refractivity contribution in [1.82, 2.24) is 5.48 Å². The fourth-order valence-corrected chi connectivity index (χ4v) is 3.79. The van der Waals surface area contributed by atoms with E-state index in [1.54, 1.807) is 25.1 Å². The summed E-state index contributed by atoms with van der Waals surface area (Å²) in [6.07, 6.45) is 0. The molecule has 6 nitrogen and oxygen atoms in total. The molecule has 1 aromatic heterocycles. The Morgan fingerprint density at radius 2 is 1.67 bits per heavy atom. The first-order valence-corrected chi connectivity index (χ1v) is 10.4. The van der Waals surface area contributed by atoms with E-state index in [0.717, 1.165) is 11.1 Å². The van der Waals surface area contributed by atoms with Crippen molar-refractivity contribution in [1.29, 1.82) is 0 Å². The molecule has 3 aromatic carbocycles. The van der Waals surface area contributed by atoms with E-state index >= 15 is 0 Å². The molecule has 33 heavy (non-hydrogen) atoms. The van der Waals surface area contributed by atoms with E-state index in [1.165, 1.54) is 7.11 Å². The summed E-state index contributed by atoms with van der Waals surface area (Å²) in [5.41, 5.74) is 7.00. The molecule has 0 saturated heterocycles. The first-order valence-electron chi connectivity index (χ1n) is 10.4. The fourth-order valence-electron chi connectivity index (χ4n) is 3.79. The highest BCUT2D eigenvalue weighted by Gasteiger charge is 2.18. The number of hydroxylamine groups is 1. The molecule has 4 aromatic rings. The van der Waals surface area contributed by atoms with E-state index in [9.17, 15) is 9.59 Å². The van der Waals surface area contributed by atoms with Gasteiger partial charge in [-0.1, -0.05) is 49.0 Å². The minimum Gasteiger partial charge on any atom is -0.455 e. The van der Waals surface area contributed by atoms with Crippen LogP contribution >= 0.6 is 0 Å². The van der Waals surface area contributed by atoms with E-state index < -0.39 is 5.91 Å². The highest BCUT2D eigenvalue weighted by atomic mass is 16.6. The van der Waals surface area contributed by atoms with Crippen LogP contribution in [-0.2, 0) is 4.84 Å². The molecule has 1 amide bonds. The number of nitrogens with one attached hydrogen (secondary N) is 2. The van der Waals surface area contributed by atoms with E-state index in [1.807, 2.05) is 55.5 Å². The van der Waals surface area contributed by atoms with E-state index in [4.69, 9.17) is 9.25 Å². The van der Waals surface area contributed by atoms with Gasteiger partial charge >= 0.3 is 0 Å². The van der Waals surface area contributed by atoms with Crippen LogP contribution in [0.1, 0.15) is 27.0 Å². The summed E-state index contributed by atoms with van der Waals surface area (Å²) in [6, 6.07) is 20.3. The van der Waals surface area contributed by atoms with Gasteiger partial charge in [0.2, 0.25) is 0 Å². The molecule has 166 valence electrons. The van der Waals surface area contributed by atoms with Crippen molar-refractivity contribution in [2.75, 3.05) is 12.4 Å². The zero-order valence-electron chi connectivity index (χ0n) is 18.7. The van der Waals surface area contributed by atoms with Gasteiger partial charge in [0.05, 0.1) is 23.7 Å². The number of amides is 1. The standard InChI is InChI=1S/C27H24N2O4/c1-16-14-21(18(3)28-23-13-9-8-12-20(23)27(31)29-32-4)26-22(15-16)24(30)17(2)25(33-26)19-10-6-5-7-11-19/h5-15,28H,3H2,1-2,4H3,(H,29,31). The Morgan fingerprint density at radius 3 is 2.39 bits per heavy atom. The molecule has 0 aliphatic heterocycles. The second-order valence-electron chi connectivity index (χ2n) is 7.72. The molecule has 4 rings (SSSR count). The number of para-hydroxylation sites is 1. The quantitative estimate of drug-likeness (QED) is 0.390. The van der Waals surface area contributed by atoms with Gasteiger partial charge < -0.3 is 9.73 Å². The van der Waals surface area contributed by atoms with Crippen molar-refractivity contribution < 1.29 is 14.0 Å². The van der Waals surface area contributed by atoms with E-state index in [2.05, 4.69) is 17.4 Å². The molecule has 1 heterocycles. The maximum absolute atomic E-state index is 13.2. The van der Waals surface area contributed by atoms with Gasteiger partial charge in [0.1, 0.15) is 11.3 Å². The Hall–Kier alpha value is -4.16. The number of anilines is 1. The predicted molar refractivity (Wildman–Crippen MR) is 131 cm³/mol. The van der Waals surface area contributed by atoms with Crippen molar-refractivity contribution in [3.63, 3.8) is 0 Å². The molecule has 6 heteroatoms. The van der Waals surface area contributed by atoms with Gasteiger partial charge in [-0.3, -0.25) is 14.4 Å². The lowest BCUT2D eigenvalue weighted by Crippen LogP contribution is -2.22. The lowest BCUT2D eigenvalue weighted by molar-refractivity contribution is 0.0538. The Kier molecular flexibility index (Phi) is 6.11. The molecular formula is C27H24N2O4. The van der Waals surface area contributed by atoms with Crippen LogP contribution in [0.2, 0.25) is 0 Å². The molecule has 0 spiro atoms. The van der Waals surface area contributed by atoms with Crippen molar-refractivity contribution in [3.05, 3.63) is 106 Å². The zero-order valence-corrected chi connectivity index (χ0v) is 18.7. The fraction of sp³-hybridized carbons (Fsp3) is 0.111. The molecule has 0 radical (unpaired) electrons. The number of hydrogen-bond donors (Lipinski definition) is 2. The maximum Gasteiger partial charge on any atom is 0.276 e. The van der Waals surface area contributed by atoms with Gasteiger partial charge in [0.15, 0.2) is 5.43 Å². The van der Waals surface area contributed by atoms with Crippen molar-refractivity contribution in [2.45, 2.75) is 13.8 Å². The summed E-state index contributed by atoms with van der Waals surface area (Å²) in [7, 11) is 1.38. The number of benzene rings is 3. The molecule has 2 N–H and O–H groups in total. The van der Waals surface area contributed by atoms with Crippen LogP contribution in [0.5, 0.6) is 0 Å². The monoisotopic (exact) mass is 440 g/mol. The highest BCUT2D eigenvalue weighted by molar-refractivity contribution is 6.01. The minimum atomic E-state index is -0.393. The van der Waals surface area contributed by atoms with E-state index in [-0.39, 0.29) is 5.43 Å². The Bertz CT molecular complexity index is 1420. The lowest BCUT2D eigenvalue weighted by Gasteiger charge is -2.16. The van der Waals surface area contributed by atoms with Gasteiger partial charge in [0.25, 0.3) is 5.91 Å². The summed E-state index contributed by atoms with van der Waals surface area (Å²) < 4.78 is 6.32. The number of carbonyl (C=O) groups is 1. The van der Waals surface area contributed by atoms with Gasteiger partial charge in [-0.05, 0) is 43.7 Å². The third-order valence-electron chi connectivity index (χ3n) is 5.38. The third-order valence-corrected chi connectivity index (χ3v) is 5.38. The number of rotatable bonds is 6. The second-order valence-corrected chi connectivity index (χ2v) is 7.72. The molecule has 0 atom stereocenters. The number of aryl methyl sites for hydroxylation is 1. The predicted octanol–water partition coefficient (Wildman–Crippen LogP) is 5.45. The zero-order chi connectivity index (χ0) is 23.5. The lowest BCUT2D eigenvalue weighted by atomic mass is 10.0. The average molecular weight is 440 g/mol. The number of carbonyl (C=O) groups excluding carboxylic acids is 1. The van der Waals surface area contributed by atoms with Crippen LogP contribution in [0.25, 0.3) is 28.0 Å². The Balaban J connectivity index is 1.85. The van der Waals surface area contributed by atoms with Crippen molar-refractivity contribution in [2.24, 2.45) is 0 Å². The SMILES string of the molecule is C=C(Nc1ccccc1C(=O)NOC)c1cc(C)cc2c(=O)c(C)c(-c3ccccc3)oc12. The molecular weight excluding hydrogens is 416 g/mol. The molecule has 0 aliphatic rings. The maximum atomic E-state index is 13.2. The van der Waals surface area contributed by atoms with Crippen LogP contribution in [0.4, 0.5) is 5.69 Å². The highest BCUT2D eigenvalue weighted by Crippen LogP contribution is 2.31. The summed E-state index contributed by atoms with van der Waals surface area (Å²) in [6.45, 7) is 7.86. The van der Waals surface area contributed by atoms with Crippen molar-refractivity contribution >= 4 is 28.3 Å². The summed E-state index contributed by atoms with van der Waals surface area (Å²) >= 11 is 0. The van der Waals surface area contributed by atoms with Gasteiger partial charge in [0, 0.05) is 22.4 Å².